The summed E-state index contributed by atoms with van der Waals surface area (Å²) in [4.78, 5) is 14.4. The minimum absolute atomic E-state index is 0.0933. The fraction of sp³-hybridized carbons (Fsp3) is 0.500. The molecule has 0 heterocycles. The zero-order valence-corrected chi connectivity index (χ0v) is 12.8. The van der Waals surface area contributed by atoms with Gasteiger partial charge >= 0.3 is 0 Å². The van der Waals surface area contributed by atoms with Crippen LogP contribution >= 0.6 is 0 Å². The summed E-state index contributed by atoms with van der Waals surface area (Å²) in [5.74, 6) is -0.0933. The summed E-state index contributed by atoms with van der Waals surface area (Å²) in [7, 11) is -1.42. The topological polar surface area (TPSA) is 63.4 Å². The maximum absolute atomic E-state index is 12.5. The molecule has 0 aliphatic heterocycles. The molecule has 5 heteroatoms. The van der Waals surface area contributed by atoms with E-state index >= 15 is 0 Å². The van der Waals surface area contributed by atoms with E-state index in [1.54, 1.807) is 24.0 Å². The Hall–Kier alpha value is -1.36. The van der Waals surface area contributed by atoms with Gasteiger partial charge in [-0.2, -0.15) is 0 Å². The number of carbonyl (C=O) groups excluding carboxylic acids is 1. The summed E-state index contributed by atoms with van der Waals surface area (Å²) in [6.07, 6.45) is 0. The van der Waals surface area contributed by atoms with Crippen LogP contribution in [0.2, 0.25) is 0 Å². The van der Waals surface area contributed by atoms with Crippen molar-refractivity contribution in [2.24, 2.45) is 0 Å². The van der Waals surface area contributed by atoms with Crippen molar-refractivity contribution >= 4 is 22.4 Å². The summed E-state index contributed by atoms with van der Waals surface area (Å²) < 4.78 is 12.5. The van der Waals surface area contributed by atoms with Gasteiger partial charge in [0.05, 0.1) is 15.7 Å². The van der Waals surface area contributed by atoms with E-state index in [-0.39, 0.29) is 5.91 Å². The van der Waals surface area contributed by atoms with Gasteiger partial charge in [-0.1, -0.05) is 6.07 Å². The fourth-order valence-corrected chi connectivity index (χ4v) is 3.21. The molecule has 0 saturated heterocycles. The largest absolute Gasteiger partial charge is 0.398 e. The van der Waals surface area contributed by atoms with Gasteiger partial charge in [0.25, 0.3) is 0 Å². The molecule has 0 aromatic heterocycles. The van der Waals surface area contributed by atoms with E-state index in [2.05, 4.69) is 0 Å². The Morgan fingerprint density at radius 1 is 1.37 bits per heavy atom. The number of amides is 1. The molecule has 1 aromatic carbocycles. The Kier molecular flexibility index (Phi) is 5.54. The van der Waals surface area contributed by atoms with E-state index < -0.39 is 16.0 Å². The first-order valence-corrected chi connectivity index (χ1v) is 7.69. The molecule has 0 spiro atoms. The van der Waals surface area contributed by atoms with E-state index in [0.29, 0.717) is 23.7 Å². The van der Waals surface area contributed by atoms with Crippen LogP contribution in [0, 0.1) is 6.92 Å². The van der Waals surface area contributed by atoms with Crippen molar-refractivity contribution in [2.45, 2.75) is 37.8 Å². The normalized spacial score (nSPS) is 13.9. The predicted molar refractivity (Wildman–Crippen MR) is 79.4 cm³/mol. The molecule has 2 N–H and O–H groups in total. The minimum atomic E-state index is -1.42. The zero-order valence-electron chi connectivity index (χ0n) is 12.0. The molecule has 0 saturated carbocycles. The molecule has 2 atom stereocenters. The van der Waals surface area contributed by atoms with Crippen LogP contribution in [-0.2, 0) is 15.6 Å². The molecule has 0 aliphatic carbocycles. The van der Waals surface area contributed by atoms with Crippen LogP contribution < -0.4 is 5.73 Å². The van der Waals surface area contributed by atoms with Crippen molar-refractivity contribution in [1.29, 1.82) is 0 Å². The lowest BCUT2D eigenvalue weighted by molar-refractivity contribution is -0.129. The Bertz CT molecular complexity index is 484. The Labute approximate surface area is 117 Å². The first-order chi connectivity index (χ1) is 8.92. The van der Waals surface area contributed by atoms with Gasteiger partial charge in [-0.25, -0.2) is 0 Å². The third kappa shape index (κ3) is 3.56. The number of carbonyl (C=O) groups is 1. The van der Waals surface area contributed by atoms with Gasteiger partial charge in [-0.05, 0) is 45.4 Å². The molecule has 0 radical (unpaired) electrons. The highest BCUT2D eigenvalue weighted by Crippen LogP contribution is 2.21. The van der Waals surface area contributed by atoms with Crippen LogP contribution in [0.5, 0.6) is 0 Å². The van der Waals surface area contributed by atoms with Gasteiger partial charge in [0.1, 0.15) is 5.25 Å². The molecule has 4 nitrogen and oxygen atoms in total. The second-order valence-corrected chi connectivity index (χ2v) is 6.23. The van der Waals surface area contributed by atoms with Gasteiger partial charge in [0, 0.05) is 18.8 Å². The van der Waals surface area contributed by atoms with E-state index in [1.165, 1.54) is 0 Å². The van der Waals surface area contributed by atoms with Crippen LogP contribution in [0.1, 0.15) is 26.3 Å². The molecule has 1 amide bonds. The average molecular weight is 282 g/mol. The van der Waals surface area contributed by atoms with Crippen LogP contribution in [0.15, 0.2) is 23.1 Å². The van der Waals surface area contributed by atoms with Crippen LogP contribution in [-0.4, -0.2) is 33.4 Å². The third-order valence-corrected chi connectivity index (χ3v) is 4.76. The summed E-state index contributed by atoms with van der Waals surface area (Å²) in [5, 5.41) is -0.580. The molecule has 0 fully saturated rings. The van der Waals surface area contributed by atoms with Crippen molar-refractivity contribution in [3.8, 4) is 0 Å². The minimum Gasteiger partial charge on any atom is -0.398 e. The lowest BCUT2D eigenvalue weighted by Crippen LogP contribution is -2.39. The highest BCUT2D eigenvalue weighted by Gasteiger charge is 2.26. The summed E-state index contributed by atoms with van der Waals surface area (Å²) in [6.45, 7) is 8.69. The summed E-state index contributed by atoms with van der Waals surface area (Å²) >= 11 is 0. The molecule has 0 aliphatic rings. The maximum Gasteiger partial charge on any atom is 0.238 e. The second kappa shape index (κ2) is 6.70. The van der Waals surface area contributed by atoms with Crippen molar-refractivity contribution in [3.05, 3.63) is 23.8 Å². The second-order valence-electron chi connectivity index (χ2n) is 4.49. The van der Waals surface area contributed by atoms with Crippen molar-refractivity contribution < 1.29 is 9.00 Å². The fourth-order valence-electron chi connectivity index (χ4n) is 1.89. The van der Waals surface area contributed by atoms with E-state index in [1.807, 2.05) is 26.8 Å². The molecule has 1 aromatic rings. The van der Waals surface area contributed by atoms with Crippen LogP contribution in [0.25, 0.3) is 0 Å². The first-order valence-electron chi connectivity index (χ1n) is 6.47. The number of anilines is 1. The van der Waals surface area contributed by atoms with Gasteiger partial charge < -0.3 is 10.6 Å². The lowest BCUT2D eigenvalue weighted by atomic mass is 10.2. The van der Waals surface area contributed by atoms with E-state index in [4.69, 9.17) is 5.73 Å². The van der Waals surface area contributed by atoms with Crippen LogP contribution in [0.3, 0.4) is 0 Å². The number of benzene rings is 1. The number of nitrogens with zero attached hydrogens (tertiary/aromatic N) is 1. The van der Waals surface area contributed by atoms with Gasteiger partial charge in [0.2, 0.25) is 5.91 Å². The van der Waals surface area contributed by atoms with Crippen molar-refractivity contribution in [3.63, 3.8) is 0 Å². The first kappa shape index (κ1) is 15.7. The van der Waals surface area contributed by atoms with Crippen LogP contribution in [0.4, 0.5) is 5.69 Å². The Balaban J connectivity index is 2.99. The van der Waals surface area contributed by atoms with Gasteiger partial charge in [0.15, 0.2) is 0 Å². The summed E-state index contributed by atoms with van der Waals surface area (Å²) in [5.41, 5.74) is 7.31. The van der Waals surface area contributed by atoms with Gasteiger partial charge in [-0.3, -0.25) is 9.00 Å². The maximum atomic E-state index is 12.5. The molecular weight excluding hydrogens is 260 g/mol. The number of nitrogen functional groups attached to an aromatic ring is 1. The van der Waals surface area contributed by atoms with Crippen molar-refractivity contribution in [1.82, 2.24) is 4.90 Å². The number of aryl methyl sites for hydroxylation is 1. The number of hydrogen-bond donors (Lipinski definition) is 1. The van der Waals surface area contributed by atoms with Crippen molar-refractivity contribution in [2.75, 3.05) is 18.8 Å². The quantitative estimate of drug-likeness (QED) is 0.839. The third-order valence-electron chi connectivity index (χ3n) is 3.13. The molecule has 106 valence electrons. The summed E-state index contributed by atoms with van der Waals surface area (Å²) in [6, 6.07) is 5.39. The van der Waals surface area contributed by atoms with Gasteiger partial charge in [-0.15, -0.1) is 0 Å². The molecular formula is C14H22N2O2S. The molecule has 2 unspecified atom stereocenters. The Morgan fingerprint density at radius 2 is 1.95 bits per heavy atom. The molecule has 19 heavy (non-hydrogen) atoms. The standard InChI is InChI=1S/C14H22N2O2S/c1-5-16(6-2)14(17)11(4)19(18)13-9-10(3)7-8-12(13)15/h7-9,11H,5-6,15H2,1-4H3. The molecule has 0 bridgehead atoms. The van der Waals surface area contributed by atoms with E-state index in [9.17, 15) is 9.00 Å². The monoisotopic (exact) mass is 282 g/mol. The zero-order chi connectivity index (χ0) is 14.6. The Morgan fingerprint density at radius 3 is 2.47 bits per heavy atom. The lowest BCUT2D eigenvalue weighted by Gasteiger charge is -2.22. The number of nitrogens with two attached hydrogens (primary N) is 1. The highest BCUT2D eigenvalue weighted by atomic mass is 32.2. The van der Waals surface area contributed by atoms with E-state index in [0.717, 1.165) is 5.56 Å². The SMILES string of the molecule is CCN(CC)C(=O)C(C)S(=O)c1cc(C)ccc1N. The molecule has 1 rings (SSSR count). The predicted octanol–water partition coefficient (Wildman–Crippen LogP) is 1.94. The number of hydrogen-bond acceptors (Lipinski definition) is 3. The highest BCUT2D eigenvalue weighted by molar-refractivity contribution is 7.86. The number of rotatable bonds is 5. The average Bonchev–Trinajstić information content (AvgIpc) is 2.41. The smallest absolute Gasteiger partial charge is 0.238 e.